The van der Waals surface area contributed by atoms with Gasteiger partial charge in [0.15, 0.2) is 0 Å². The number of carbonyl (C=O) groups excluding carboxylic acids is 1. The Morgan fingerprint density at radius 1 is 1.56 bits per heavy atom. The van der Waals surface area contributed by atoms with Gasteiger partial charge in [0.05, 0.1) is 0 Å². The number of thioether (sulfide) groups is 1. The van der Waals surface area contributed by atoms with Gasteiger partial charge in [-0.15, -0.1) is 0 Å². The Morgan fingerprint density at radius 3 is 2.62 bits per heavy atom. The summed E-state index contributed by atoms with van der Waals surface area (Å²) in [5, 5.41) is 2.64. The predicted octanol–water partition coefficient (Wildman–Crippen LogP) is 0.523. The number of hydrogen-bond donors (Lipinski definition) is 2. The zero-order valence-corrected chi connectivity index (χ0v) is 11.6. The van der Waals surface area contributed by atoms with Crippen LogP contribution in [-0.4, -0.2) is 55.5 Å². The Balaban J connectivity index is 4.17. The van der Waals surface area contributed by atoms with E-state index in [4.69, 9.17) is 5.73 Å². The van der Waals surface area contributed by atoms with E-state index in [1.165, 1.54) is 0 Å². The summed E-state index contributed by atoms with van der Waals surface area (Å²) in [5.41, 5.74) is 5.72. The highest BCUT2D eigenvalue weighted by atomic mass is 32.2. The Labute approximate surface area is 103 Å². The van der Waals surface area contributed by atoms with Gasteiger partial charge in [-0.3, -0.25) is 9.69 Å². The Kier molecular flexibility index (Phi) is 8.70. The molecule has 0 rings (SSSR count). The maximum Gasteiger partial charge on any atom is 0.221 e. The molecule has 0 saturated heterocycles. The molecule has 16 heavy (non-hydrogen) atoms. The number of nitrogens with one attached hydrogen (secondary N) is 1. The van der Waals surface area contributed by atoms with E-state index in [2.05, 4.69) is 23.4 Å². The van der Waals surface area contributed by atoms with Crippen LogP contribution in [0.5, 0.6) is 0 Å². The first kappa shape index (κ1) is 15.7. The molecule has 96 valence electrons. The number of nitrogens with two attached hydrogens (primary N) is 1. The summed E-state index contributed by atoms with van der Waals surface area (Å²) in [4.78, 5) is 13.5. The average Bonchev–Trinajstić information content (AvgIpc) is 2.31. The molecule has 0 saturated carbocycles. The van der Waals surface area contributed by atoms with Crippen molar-refractivity contribution in [2.45, 2.75) is 31.8 Å². The van der Waals surface area contributed by atoms with Crippen molar-refractivity contribution in [3.63, 3.8) is 0 Å². The SMILES string of the molecule is CNC(=O)CC(CN)N(C)C(C)CCSC. The molecule has 4 nitrogen and oxygen atoms in total. The van der Waals surface area contributed by atoms with Crippen molar-refractivity contribution in [1.29, 1.82) is 0 Å². The van der Waals surface area contributed by atoms with Crippen LogP contribution in [0.25, 0.3) is 0 Å². The van der Waals surface area contributed by atoms with Gasteiger partial charge in [-0.2, -0.15) is 11.8 Å². The topological polar surface area (TPSA) is 58.4 Å². The van der Waals surface area contributed by atoms with Crippen molar-refractivity contribution in [2.75, 3.05) is 32.6 Å². The molecule has 0 aliphatic carbocycles. The van der Waals surface area contributed by atoms with Crippen LogP contribution in [0.4, 0.5) is 0 Å². The summed E-state index contributed by atoms with van der Waals surface area (Å²) in [5.74, 6) is 1.20. The minimum atomic E-state index is 0.0550. The number of carbonyl (C=O) groups is 1. The molecule has 2 atom stereocenters. The zero-order valence-electron chi connectivity index (χ0n) is 10.8. The lowest BCUT2D eigenvalue weighted by molar-refractivity contribution is -0.121. The quantitative estimate of drug-likeness (QED) is 0.657. The van der Waals surface area contributed by atoms with E-state index in [9.17, 15) is 4.79 Å². The molecule has 0 radical (unpaired) electrons. The monoisotopic (exact) mass is 247 g/mol. The van der Waals surface area contributed by atoms with E-state index in [1.807, 2.05) is 18.8 Å². The molecule has 0 spiro atoms. The van der Waals surface area contributed by atoms with Crippen LogP contribution in [0.3, 0.4) is 0 Å². The van der Waals surface area contributed by atoms with Crippen LogP contribution in [0.15, 0.2) is 0 Å². The van der Waals surface area contributed by atoms with Crippen molar-refractivity contribution in [3.8, 4) is 0 Å². The summed E-state index contributed by atoms with van der Waals surface area (Å²) < 4.78 is 0. The van der Waals surface area contributed by atoms with Gasteiger partial charge in [-0.05, 0) is 32.4 Å². The van der Waals surface area contributed by atoms with Crippen LogP contribution >= 0.6 is 11.8 Å². The summed E-state index contributed by atoms with van der Waals surface area (Å²) in [7, 11) is 3.71. The van der Waals surface area contributed by atoms with E-state index < -0.39 is 0 Å². The highest BCUT2D eigenvalue weighted by Crippen LogP contribution is 2.11. The smallest absolute Gasteiger partial charge is 0.221 e. The Morgan fingerprint density at radius 2 is 2.19 bits per heavy atom. The summed E-state index contributed by atoms with van der Waals surface area (Å²) in [6, 6.07) is 0.600. The van der Waals surface area contributed by atoms with E-state index in [1.54, 1.807) is 7.05 Å². The maximum absolute atomic E-state index is 11.3. The summed E-state index contributed by atoms with van der Waals surface area (Å²) >= 11 is 1.85. The van der Waals surface area contributed by atoms with Crippen molar-refractivity contribution >= 4 is 17.7 Å². The lowest BCUT2D eigenvalue weighted by atomic mass is 10.1. The Hall–Kier alpha value is -0.260. The van der Waals surface area contributed by atoms with E-state index in [-0.39, 0.29) is 11.9 Å². The first-order valence-electron chi connectivity index (χ1n) is 5.68. The maximum atomic E-state index is 11.3. The number of likely N-dealkylation sites (N-methyl/N-ethyl adjacent to an activating group) is 1. The van der Waals surface area contributed by atoms with Crippen molar-refractivity contribution in [1.82, 2.24) is 10.2 Å². The molecule has 0 heterocycles. The van der Waals surface area contributed by atoms with Gasteiger partial charge in [0, 0.05) is 32.1 Å². The van der Waals surface area contributed by atoms with Gasteiger partial charge in [-0.1, -0.05) is 0 Å². The first-order valence-corrected chi connectivity index (χ1v) is 7.07. The molecule has 5 heteroatoms. The highest BCUT2D eigenvalue weighted by Gasteiger charge is 2.20. The van der Waals surface area contributed by atoms with Gasteiger partial charge in [0.25, 0.3) is 0 Å². The number of nitrogens with zero attached hydrogens (tertiary/aromatic N) is 1. The minimum absolute atomic E-state index is 0.0550. The van der Waals surface area contributed by atoms with E-state index in [0.717, 1.165) is 12.2 Å². The second kappa shape index (κ2) is 8.84. The van der Waals surface area contributed by atoms with Gasteiger partial charge in [-0.25, -0.2) is 0 Å². The van der Waals surface area contributed by atoms with Gasteiger partial charge in [0.1, 0.15) is 0 Å². The fourth-order valence-electron chi connectivity index (χ4n) is 1.56. The minimum Gasteiger partial charge on any atom is -0.359 e. The lowest BCUT2D eigenvalue weighted by Gasteiger charge is -2.32. The molecule has 1 amide bonds. The van der Waals surface area contributed by atoms with Crippen molar-refractivity contribution < 1.29 is 4.79 Å². The van der Waals surface area contributed by atoms with Gasteiger partial charge < -0.3 is 11.1 Å². The van der Waals surface area contributed by atoms with E-state index >= 15 is 0 Å². The third-order valence-electron chi connectivity index (χ3n) is 2.98. The van der Waals surface area contributed by atoms with Crippen LogP contribution in [-0.2, 0) is 4.79 Å². The van der Waals surface area contributed by atoms with Crippen LogP contribution in [0, 0.1) is 0 Å². The highest BCUT2D eigenvalue weighted by molar-refractivity contribution is 7.98. The molecule has 0 aliphatic rings. The zero-order chi connectivity index (χ0) is 12.6. The van der Waals surface area contributed by atoms with Crippen LogP contribution in [0.1, 0.15) is 19.8 Å². The molecular weight excluding hydrogens is 222 g/mol. The standard InChI is InChI=1S/C11H25N3OS/c1-9(5-6-16-4)14(3)10(8-12)7-11(15)13-2/h9-10H,5-8,12H2,1-4H3,(H,13,15). The van der Waals surface area contributed by atoms with Gasteiger partial charge in [0.2, 0.25) is 5.91 Å². The van der Waals surface area contributed by atoms with Crippen molar-refractivity contribution in [2.24, 2.45) is 5.73 Å². The number of hydrogen-bond acceptors (Lipinski definition) is 4. The Bertz CT molecular complexity index is 202. The second-order valence-electron chi connectivity index (χ2n) is 4.06. The van der Waals surface area contributed by atoms with Crippen LogP contribution in [0.2, 0.25) is 0 Å². The lowest BCUT2D eigenvalue weighted by Crippen LogP contribution is -2.45. The number of amides is 1. The predicted molar refractivity (Wildman–Crippen MR) is 71.8 cm³/mol. The summed E-state index contributed by atoms with van der Waals surface area (Å²) in [6.45, 7) is 2.70. The average molecular weight is 247 g/mol. The molecule has 3 N–H and O–H groups in total. The summed E-state index contributed by atoms with van der Waals surface area (Å²) in [6.07, 6.45) is 3.71. The van der Waals surface area contributed by atoms with Gasteiger partial charge >= 0.3 is 0 Å². The molecule has 0 aromatic heterocycles. The third kappa shape index (κ3) is 5.72. The fourth-order valence-corrected chi connectivity index (χ4v) is 2.14. The molecular formula is C11H25N3OS. The fraction of sp³-hybridized carbons (Fsp3) is 0.909. The molecule has 2 unspecified atom stereocenters. The van der Waals surface area contributed by atoms with E-state index in [0.29, 0.717) is 19.0 Å². The molecule has 0 aromatic rings. The van der Waals surface area contributed by atoms with Crippen molar-refractivity contribution in [3.05, 3.63) is 0 Å². The normalized spacial score (nSPS) is 14.9. The number of rotatable bonds is 8. The molecule has 0 aliphatic heterocycles. The molecule has 0 aromatic carbocycles. The third-order valence-corrected chi connectivity index (χ3v) is 3.63. The van der Waals surface area contributed by atoms with Crippen LogP contribution < -0.4 is 11.1 Å². The molecule has 0 bridgehead atoms. The largest absolute Gasteiger partial charge is 0.359 e. The second-order valence-corrected chi connectivity index (χ2v) is 5.05. The molecule has 0 fully saturated rings. The first-order chi connectivity index (χ1) is 7.56.